The van der Waals surface area contributed by atoms with Crippen molar-refractivity contribution in [2.24, 2.45) is 0 Å². The van der Waals surface area contributed by atoms with Crippen molar-refractivity contribution in [2.75, 3.05) is 6.61 Å². The lowest BCUT2D eigenvalue weighted by molar-refractivity contribution is 0.262. The molecule has 0 amide bonds. The van der Waals surface area contributed by atoms with Gasteiger partial charge in [-0.15, -0.1) is 0 Å². The second-order valence-corrected chi connectivity index (χ2v) is 3.86. The second-order valence-electron chi connectivity index (χ2n) is 2.99. The molecule has 1 nitrogen and oxygen atoms in total. The maximum absolute atomic E-state index is 9.08. The Balaban J connectivity index is 2.99. The first-order chi connectivity index (χ1) is 6.17. The first kappa shape index (κ1) is 10.8. The molecular formula is C10H12Cl2O. The minimum absolute atomic E-state index is 0.132. The standard InChI is InChI=1S/C10H12Cl2O/c1-2-7(6-13)8-3-9(11)5-10(12)4-8/h3-5,7,13H,2,6H2,1H3/t7-/m0/s1. The number of hydrogen-bond acceptors (Lipinski definition) is 1. The van der Waals surface area contributed by atoms with E-state index in [1.807, 2.05) is 19.1 Å². The van der Waals surface area contributed by atoms with Crippen LogP contribution < -0.4 is 0 Å². The van der Waals surface area contributed by atoms with Crippen molar-refractivity contribution in [3.63, 3.8) is 0 Å². The zero-order chi connectivity index (χ0) is 9.84. The van der Waals surface area contributed by atoms with Gasteiger partial charge in [0, 0.05) is 22.6 Å². The highest BCUT2D eigenvalue weighted by Gasteiger charge is 2.09. The van der Waals surface area contributed by atoms with E-state index in [1.165, 1.54) is 0 Å². The zero-order valence-corrected chi connectivity index (χ0v) is 8.94. The van der Waals surface area contributed by atoms with Gasteiger partial charge in [-0.2, -0.15) is 0 Å². The fraction of sp³-hybridized carbons (Fsp3) is 0.400. The Kier molecular flexibility index (Phi) is 4.04. The molecular weight excluding hydrogens is 207 g/mol. The minimum atomic E-state index is 0.132. The molecule has 0 radical (unpaired) electrons. The third-order valence-electron chi connectivity index (χ3n) is 2.07. The van der Waals surface area contributed by atoms with Crippen LogP contribution in [0.2, 0.25) is 10.0 Å². The smallest absolute Gasteiger partial charge is 0.0499 e. The van der Waals surface area contributed by atoms with Gasteiger partial charge in [0.25, 0.3) is 0 Å². The summed E-state index contributed by atoms with van der Waals surface area (Å²) < 4.78 is 0. The van der Waals surface area contributed by atoms with Crippen LogP contribution in [0.25, 0.3) is 0 Å². The van der Waals surface area contributed by atoms with Gasteiger partial charge in [-0.25, -0.2) is 0 Å². The van der Waals surface area contributed by atoms with E-state index in [4.69, 9.17) is 28.3 Å². The molecule has 0 aliphatic heterocycles. The highest BCUT2D eigenvalue weighted by Crippen LogP contribution is 2.26. The van der Waals surface area contributed by atoms with E-state index in [-0.39, 0.29) is 12.5 Å². The summed E-state index contributed by atoms with van der Waals surface area (Å²) in [4.78, 5) is 0. The highest BCUT2D eigenvalue weighted by atomic mass is 35.5. The van der Waals surface area contributed by atoms with Crippen LogP contribution in [0.4, 0.5) is 0 Å². The Morgan fingerprint density at radius 2 is 1.77 bits per heavy atom. The van der Waals surface area contributed by atoms with Crippen molar-refractivity contribution in [2.45, 2.75) is 19.3 Å². The summed E-state index contributed by atoms with van der Waals surface area (Å²) in [5.74, 6) is 0.135. The van der Waals surface area contributed by atoms with E-state index in [1.54, 1.807) is 6.07 Å². The fourth-order valence-corrected chi connectivity index (χ4v) is 1.82. The SMILES string of the molecule is CC[C@@H](CO)c1cc(Cl)cc(Cl)c1. The lowest BCUT2D eigenvalue weighted by Crippen LogP contribution is -2.02. The molecule has 1 N–H and O–H groups in total. The van der Waals surface area contributed by atoms with Crippen molar-refractivity contribution in [3.05, 3.63) is 33.8 Å². The molecule has 0 saturated heterocycles. The van der Waals surface area contributed by atoms with Crippen LogP contribution >= 0.6 is 23.2 Å². The van der Waals surface area contributed by atoms with Crippen molar-refractivity contribution in [1.29, 1.82) is 0 Å². The Morgan fingerprint density at radius 3 is 2.15 bits per heavy atom. The van der Waals surface area contributed by atoms with Crippen molar-refractivity contribution in [3.8, 4) is 0 Å². The largest absolute Gasteiger partial charge is 0.396 e. The normalized spacial score (nSPS) is 12.9. The molecule has 0 aliphatic carbocycles. The third kappa shape index (κ3) is 2.87. The average Bonchev–Trinajstić information content (AvgIpc) is 2.04. The van der Waals surface area contributed by atoms with Crippen LogP contribution in [-0.4, -0.2) is 11.7 Å². The second kappa shape index (κ2) is 4.85. The van der Waals surface area contributed by atoms with Gasteiger partial charge in [0.05, 0.1) is 0 Å². The molecule has 0 spiro atoms. The predicted molar refractivity (Wildman–Crippen MR) is 56.6 cm³/mol. The Hall–Kier alpha value is -0.240. The van der Waals surface area contributed by atoms with E-state index in [9.17, 15) is 0 Å². The van der Waals surface area contributed by atoms with E-state index in [2.05, 4.69) is 0 Å². The van der Waals surface area contributed by atoms with E-state index < -0.39 is 0 Å². The van der Waals surface area contributed by atoms with Crippen molar-refractivity contribution >= 4 is 23.2 Å². The summed E-state index contributed by atoms with van der Waals surface area (Å²) >= 11 is 11.7. The van der Waals surface area contributed by atoms with Gasteiger partial charge in [-0.3, -0.25) is 0 Å². The average molecular weight is 219 g/mol. The van der Waals surface area contributed by atoms with Crippen molar-refractivity contribution in [1.82, 2.24) is 0 Å². The van der Waals surface area contributed by atoms with Crippen LogP contribution in [0, 0.1) is 0 Å². The Labute approximate surface area is 88.3 Å². The number of aliphatic hydroxyl groups excluding tert-OH is 1. The molecule has 1 aromatic rings. The van der Waals surface area contributed by atoms with E-state index >= 15 is 0 Å². The molecule has 1 aromatic carbocycles. The molecule has 1 rings (SSSR count). The van der Waals surface area contributed by atoms with Gasteiger partial charge in [-0.1, -0.05) is 30.1 Å². The molecule has 13 heavy (non-hydrogen) atoms. The molecule has 0 bridgehead atoms. The van der Waals surface area contributed by atoms with Crippen LogP contribution in [0.3, 0.4) is 0 Å². The van der Waals surface area contributed by atoms with E-state index in [0.717, 1.165) is 12.0 Å². The molecule has 0 aliphatic rings. The quantitative estimate of drug-likeness (QED) is 0.824. The zero-order valence-electron chi connectivity index (χ0n) is 7.43. The summed E-state index contributed by atoms with van der Waals surface area (Å²) in [7, 11) is 0. The summed E-state index contributed by atoms with van der Waals surface area (Å²) in [6.45, 7) is 2.16. The summed E-state index contributed by atoms with van der Waals surface area (Å²) in [6, 6.07) is 5.38. The third-order valence-corrected chi connectivity index (χ3v) is 2.51. The maximum atomic E-state index is 9.08. The maximum Gasteiger partial charge on any atom is 0.0499 e. The number of aliphatic hydroxyl groups is 1. The minimum Gasteiger partial charge on any atom is -0.396 e. The summed E-state index contributed by atoms with van der Waals surface area (Å²) in [6.07, 6.45) is 0.882. The fourth-order valence-electron chi connectivity index (χ4n) is 1.28. The number of hydrogen-bond donors (Lipinski definition) is 1. The topological polar surface area (TPSA) is 20.2 Å². The van der Waals surface area contributed by atoms with Gasteiger partial charge >= 0.3 is 0 Å². The number of halogens is 2. The van der Waals surface area contributed by atoms with Gasteiger partial charge in [0.2, 0.25) is 0 Å². The van der Waals surface area contributed by atoms with Crippen LogP contribution in [0.5, 0.6) is 0 Å². The number of rotatable bonds is 3. The van der Waals surface area contributed by atoms with Gasteiger partial charge < -0.3 is 5.11 Å². The van der Waals surface area contributed by atoms with Gasteiger partial charge in [0.15, 0.2) is 0 Å². The predicted octanol–water partition coefficient (Wildman–Crippen LogP) is 3.48. The Morgan fingerprint density at radius 1 is 1.23 bits per heavy atom. The summed E-state index contributed by atoms with van der Waals surface area (Å²) in [5.41, 5.74) is 1.00. The summed E-state index contributed by atoms with van der Waals surface area (Å²) in [5, 5.41) is 10.3. The van der Waals surface area contributed by atoms with Crippen LogP contribution in [0.1, 0.15) is 24.8 Å². The van der Waals surface area contributed by atoms with Gasteiger partial charge in [-0.05, 0) is 30.2 Å². The van der Waals surface area contributed by atoms with E-state index in [0.29, 0.717) is 10.0 Å². The molecule has 0 aromatic heterocycles. The molecule has 1 atom stereocenters. The molecule has 0 fully saturated rings. The first-order valence-electron chi connectivity index (χ1n) is 4.24. The lowest BCUT2D eigenvalue weighted by atomic mass is 9.98. The Bertz CT molecular complexity index is 262. The van der Waals surface area contributed by atoms with Gasteiger partial charge in [0.1, 0.15) is 0 Å². The van der Waals surface area contributed by atoms with Crippen LogP contribution in [0.15, 0.2) is 18.2 Å². The first-order valence-corrected chi connectivity index (χ1v) is 4.99. The molecule has 0 saturated carbocycles. The molecule has 0 heterocycles. The lowest BCUT2D eigenvalue weighted by Gasteiger charge is -2.12. The number of benzene rings is 1. The van der Waals surface area contributed by atoms with Crippen LogP contribution in [-0.2, 0) is 0 Å². The highest BCUT2D eigenvalue weighted by molar-refractivity contribution is 6.34. The monoisotopic (exact) mass is 218 g/mol. The molecule has 0 unspecified atom stereocenters. The molecule has 3 heteroatoms. The molecule has 72 valence electrons. The van der Waals surface area contributed by atoms with Crippen molar-refractivity contribution < 1.29 is 5.11 Å².